The number of alkyl halides is 3. The summed E-state index contributed by atoms with van der Waals surface area (Å²) in [4.78, 5) is 29.8. The van der Waals surface area contributed by atoms with Gasteiger partial charge in [-0.1, -0.05) is 18.2 Å². The van der Waals surface area contributed by atoms with Crippen molar-refractivity contribution in [2.24, 2.45) is 5.41 Å². The quantitative estimate of drug-likeness (QED) is 0.514. The highest BCUT2D eigenvalue weighted by molar-refractivity contribution is 5.94. The molecule has 2 aliphatic rings. The van der Waals surface area contributed by atoms with Gasteiger partial charge in [0.05, 0.1) is 6.61 Å². The maximum atomic E-state index is 13.1. The third-order valence-corrected chi connectivity index (χ3v) is 6.97. The van der Waals surface area contributed by atoms with E-state index in [4.69, 9.17) is 4.74 Å². The second-order valence-corrected chi connectivity index (χ2v) is 9.58. The molecule has 2 saturated heterocycles. The van der Waals surface area contributed by atoms with E-state index in [9.17, 15) is 22.8 Å². The number of halogens is 3. The van der Waals surface area contributed by atoms with Gasteiger partial charge in [0.2, 0.25) is 5.91 Å². The summed E-state index contributed by atoms with van der Waals surface area (Å²) in [7, 11) is 0. The van der Waals surface area contributed by atoms with Crippen LogP contribution in [0.1, 0.15) is 48.9 Å². The normalized spacial score (nSPS) is 18.0. The predicted octanol–water partition coefficient (Wildman–Crippen LogP) is 5.29. The molecule has 0 aromatic heterocycles. The Morgan fingerprint density at radius 2 is 1.44 bits per heavy atom. The van der Waals surface area contributed by atoms with Crippen LogP contribution < -0.4 is 9.47 Å². The molecular formula is C27H31F3N2O4. The summed E-state index contributed by atoms with van der Waals surface area (Å²) < 4.78 is 47.2. The second kappa shape index (κ2) is 11.2. The van der Waals surface area contributed by atoms with Crippen molar-refractivity contribution in [3.05, 3.63) is 60.2 Å². The van der Waals surface area contributed by atoms with Crippen LogP contribution in [0, 0.1) is 5.41 Å². The molecule has 2 fully saturated rings. The first-order valence-electron chi connectivity index (χ1n) is 12.3. The van der Waals surface area contributed by atoms with Gasteiger partial charge in [-0.25, -0.2) is 0 Å². The van der Waals surface area contributed by atoms with Gasteiger partial charge in [-0.3, -0.25) is 9.59 Å². The molecule has 0 unspecified atom stereocenters. The van der Waals surface area contributed by atoms with Gasteiger partial charge in [0, 0.05) is 43.6 Å². The predicted molar refractivity (Wildman–Crippen MR) is 128 cm³/mol. The number of carbonyl (C=O) groups excluding carboxylic acids is 2. The minimum absolute atomic E-state index is 0.131. The maximum Gasteiger partial charge on any atom is 0.573 e. The number of carbonyl (C=O) groups is 2. The Kier molecular flexibility index (Phi) is 8.06. The summed E-state index contributed by atoms with van der Waals surface area (Å²) in [5.41, 5.74) is -0.104. The number of rotatable bonds is 7. The molecule has 2 heterocycles. The fraction of sp³-hybridized carbons (Fsp3) is 0.481. The Bertz CT molecular complexity index is 1010. The molecule has 0 N–H and O–H groups in total. The highest BCUT2D eigenvalue weighted by Gasteiger charge is 2.40. The third kappa shape index (κ3) is 6.92. The third-order valence-electron chi connectivity index (χ3n) is 6.97. The number of hydrogen-bond donors (Lipinski definition) is 0. The van der Waals surface area contributed by atoms with Crippen LogP contribution in [0.5, 0.6) is 11.5 Å². The van der Waals surface area contributed by atoms with Gasteiger partial charge < -0.3 is 19.3 Å². The van der Waals surface area contributed by atoms with E-state index in [1.54, 1.807) is 4.90 Å². The zero-order valence-electron chi connectivity index (χ0n) is 20.1. The fourth-order valence-corrected chi connectivity index (χ4v) is 4.87. The monoisotopic (exact) mass is 504 g/mol. The number of para-hydroxylation sites is 1. The van der Waals surface area contributed by atoms with E-state index in [1.807, 2.05) is 35.2 Å². The molecule has 0 spiro atoms. The summed E-state index contributed by atoms with van der Waals surface area (Å²) in [6.07, 6.45) is -0.0313. The van der Waals surface area contributed by atoms with Crippen molar-refractivity contribution in [3.8, 4) is 11.5 Å². The lowest BCUT2D eigenvalue weighted by Crippen LogP contribution is -2.48. The minimum Gasteiger partial charge on any atom is -0.493 e. The molecule has 4 rings (SSSR count). The van der Waals surface area contributed by atoms with Crippen LogP contribution >= 0.6 is 0 Å². The smallest absolute Gasteiger partial charge is 0.493 e. The number of amides is 2. The molecule has 2 aromatic carbocycles. The number of nitrogens with zero attached hydrogens (tertiary/aromatic N) is 2. The van der Waals surface area contributed by atoms with Crippen LogP contribution in [-0.2, 0) is 4.79 Å². The van der Waals surface area contributed by atoms with E-state index < -0.39 is 11.8 Å². The number of benzene rings is 2. The molecule has 2 aliphatic heterocycles. The van der Waals surface area contributed by atoms with Gasteiger partial charge in [-0.15, -0.1) is 13.2 Å². The van der Waals surface area contributed by atoms with Gasteiger partial charge in [0.15, 0.2) is 0 Å². The van der Waals surface area contributed by atoms with Crippen molar-refractivity contribution >= 4 is 11.8 Å². The summed E-state index contributed by atoms with van der Waals surface area (Å²) in [6.45, 7) is 2.82. The zero-order chi connectivity index (χ0) is 25.6. The summed E-state index contributed by atoms with van der Waals surface area (Å²) in [5.74, 6) is 0.243. The van der Waals surface area contributed by atoms with Crippen molar-refractivity contribution in [2.45, 2.75) is 44.9 Å². The van der Waals surface area contributed by atoms with Crippen LogP contribution in [0.15, 0.2) is 54.6 Å². The molecule has 9 heteroatoms. The average molecular weight is 505 g/mol. The Morgan fingerprint density at radius 1 is 0.806 bits per heavy atom. The molecule has 36 heavy (non-hydrogen) atoms. The van der Waals surface area contributed by atoms with Crippen molar-refractivity contribution in [3.63, 3.8) is 0 Å². The number of piperidine rings is 2. The lowest BCUT2D eigenvalue weighted by atomic mass is 9.75. The van der Waals surface area contributed by atoms with E-state index in [-0.39, 0.29) is 17.6 Å². The van der Waals surface area contributed by atoms with E-state index in [2.05, 4.69) is 4.74 Å². The van der Waals surface area contributed by atoms with Crippen molar-refractivity contribution < 1.29 is 32.2 Å². The Labute approximate surface area is 209 Å². The number of likely N-dealkylation sites (tertiary alicyclic amines) is 2. The summed E-state index contributed by atoms with van der Waals surface area (Å²) in [6, 6.07) is 14.4. The molecule has 2 aromatic rings. The average Bonchev–Trinajstić information content (AvgIpc) is 2.88. The van der Waals surface area contributed by atoms with Crippen molar-refractivity contribution in [2.75, 3.05) is 32.8 Å². The first-order chi connectivity index (χ1) is 17.2. The highest BCUT2D eigenvalue weighted by atomic mass is 19.4. The SMILES string of the molecule is O=C(CC1(COc2ccccc2)CCN(C(=O)c2ccc(OC(F)(F)F)cc2)CC1)N1CCCCC1. The Morgan fingerprint density at radius 3 is 2.06 bits per heavy atom. The molecule has 0 saturated carbocycles. The molecule has 0 aliphatic carbocycles. The second-order valence-electron chi connectivity index (χ2n) is 9.58. The van der Waals surface area contributed by atoms with Crippen LogP contribution in [0.2, 0.25) is 0 Å². The fourth-order valence-electron chi connectivity index (χ4n) is 4.87. The van der Waals surface area contributed by atoms with Crippen LogP contribution in [0.25, 0.3) is 0 Å². The maximum absolute atomic E-state index is 13.1. The molecular weight excluding hydrogens is 473 g/mol. The number of ether oxygens (including phenoxy) is 2. The minimum atomic E-state index is -4.78. The largest absolute Gasteiger partial charge is 0.573 e. The standard InChI is InChI=1S/C27H31F3N2O4/c28-27(29,30)36-23-11-9-21(10-12-23)25(34)32-17-13-26(14-18-32,20-35-22-7-3-1-4-8-22)19-24(33)31-15-5-2-6-16-31/h1,3-4,7-12H,2,5-6,13-20H2. The molecule has 0 radical (unpaired) electrons. The first-order valence-corrected chi connectivity index (χ1v) is 12.3. The van der Waals surface area contributed by atoms with Gasteiger partial charge in [0.1, 0.15) is 11.5 Å². The van der Waals surface area contributed by atoms with E-state index >= 15 is 0 Å². The van der Waals surface area contributed by atoms with E-state index in [1.165, 1.54) is 12.1 Å². The van der Waals surface area contributed by atoms with Gasteiger partial charge in [-0.2, -0.15) is 0 Å². The summed E-state index contributed by atoms with van der Waals surface area (Å²) in [5, 5.41) is 0. The summed E-state index contributed by atoms with van der Waals surface area (Å²) >= 11 is 0. The molecule has 194 valence electrons. The Hall–Kier alpha value is -3.23. The van der Waals surface area contributed by atoms with Crippen LogP contribution in [-0.4, -0.2) is 60.8 Å². The number of hydrogen-bond acceptors (Lipinski definition) is 4. The van der Waals surface area contributed by atoms with Gasteiger partial charge in [0.25, 0.3) is 5.91 Å². The molecule has 2 amide bonds. The lowest BCUT2D eigenvalue weighted by Gasteiger charge is -2.42. The van der Waals surface area contributed by atoms with Gasteiger partial charge >= 0.3 is 6.36 Å². The van der Waals surface area contributed by atoms with Crippen molar-refractivity contribution in [1.29, 1.82) is 0 Å². The molecule has 6 nitrogen and oxygen atoms in total. The molecule has 0 atom stereocenters. The Balaban J connectivity index is 1.41. The lowest BCUT2D eigenvalue weighted by molar-refractivity contribution is -0.274. The topological polar surface area (TPSA) is 59.1 Å². The highest BCUT2D eigenvalue weighted by Crippen LogP contribution is 2.37. The van der Waals surface area contributed by atoms with Crippen LogP contribution in [0.4, 0.5) is 13.2 Å². The van der Waals surface area contributed by atoms with Gasteiger partial charge in [-0.05, 0) is 68.5 Å². The zero-order valence-corrected chi connectivity index (χ0v) is 20.1. The van der Waals surface area contributed by atoms with E-state index in [0.29, 0.717) is 44.5 Å². The first kappa shape index (κ1) is 25.9. The van der Waals surface area contributed by atoms with Crippen molar-refractivity contribution in [1.82, 2.24) is 9.80 Å². The van der Waals surface area contributed by atoms with E-state index in [0.717, 1.165) is 50.2 Å². The molecule has 0 bridgehead atoms. The van der Waals surface area contributed by atoms with Crippen LogP contribution in [0.3, 0.4) is 0 Å².